The summed E-state index contributed by atoms with van der Waals surface area (Å²) in [6.07, 6.45) is 0. The van der Waals surface area contributed by atoms with Gasteiger partial charge in [-0.2, -0.15) is 0 Å². The maximum atomic E-state index is 12.7. The summed E-state index contributed by atoms with van der Waals surface area (Å²) in [5, 5.41) is 10.9. The monoisotopic (exact) mass is 367 g/mol. The third-order valence-corrected chi connectivity index (χ3v) is 4.56. The average molecular weight is 367 g/mol. The lowest BCUT2D eigenvalue weighted by Crippen LogP contribution is -2.32. The Morgan fingerprint density at radius 1 is 1.04 bits per heavy atom. The van der Waals surface area contributed by atoms with Crippen molar-refractivity contribution in [1.82, 2.24) is 4.90 Å². The highest BCUT2D eigenvalue weighted by atomic mass is 16.5. The second-order valence-corrected chi connectivity index (χ2v) is 6.12. The summed E-state index contributed by atoms with van der Waals surface area (Å²) in [5.41, 5.74) is 1.27. The van der Waals surface area contributed by atoms with Gasteiger partial charge in [0.25, 0.3) is 11.7 Å². The molecule has 27 heavy (non-hydrogen) atoms. The van der Waals surface area contributed by atoms with Crippen LogP contribution in [-0.4, -0.2) is 49.1 Å². The summed E-state index contributed by atoms with van der Waals surface area (Å²) in [4.78, 5) is 26.8. The largest absolute Gasteiger partial charge is 0.507 e. The number of aliphatic hydroxyl groups is 1. The number of carbonyl (C=O) groups is 2. The third-order valence-electron chi connectivity index (χ3n) is 4.56. The number of hydrogen-bond acceptors (Lipinski definition) is 5. The van der Waals surface area contributed by atoms with Crippen molar-refractivity contribution in [2.75, 3.05) is 27.4 Å². The maximum absolute atomic E-state index is 12.7. The number of hydrogen-bond donors (Lipinski definition) is 1. The highest BCUT2D eigenvalue weighted by molar-refractivity contribution is 6.46. The molecule has 0 radical (unpaired) electrons. The second kappa shape index (κ2) is 8.05. The number of ether oxygens (including phenoxy) is 2. The lowest BCUT2D eigenvalue weighted by Gasteiger charge is -2.25. The molecule has 1 saturated heterocycles. The van der Waals surface area contributed by atoms with Gasteiger partial charge in [0.05, 0.1) is 25.3 Å². The number of Topliss-reactive ketones (excluding diaryl/α,β-unsaturated/α-hetero) is 1. The summed E-state index contributed by atoms with van der Waals surface area (Å²) in [6, 6.07) is 15.2. The van der Waals surface area contributed by atoms with E-state index in [1.165, 1.54) is 12.0 Å². The summed E-state index contributed by atoms with van der Waals surface area (Å²) < 4.78 is 10.2. The predicted molar refractivity (Wildman–Crippen MR) is 100 cm³/mol. The van der Waals surface area contributed by atoms with Gasteiger partial charge in [0.15, 0.2) is 0 Å². The minimum absolute atomic E-state index is 0.0764. The number of methoxy groups -OCH3 is 2. The van der Waals surface area contributed by atoms with Crippen molar-refractivity contribution in [2.24, 2.45) is 0 Å². The van der Waals surface area contributed by atoms with Crippen LogP contribution in [0.25, 0.3) is 5.76 Å². The summed E-state index contributed by atoms with van der Waals surface area (Å²) in [7, 11) is 3.08. The number of rotatable bonds is 6. The molecule has 1 N–H and O–H groups in total. The molecular formula is C21H21NO5. The maximum Gasteiger partial charge on any atom is 0.295 e. The van der Waals surface area contributed by atoms with Crippen LogP contribution in [-0.2, 0) is 14.3 Å². The van der Waals surface area contributed by atoms with Crippen LogP contribution in [0.1, 0.15) is 17.2 Å². The summed E-state index contributed by atoms with van der Waals surface area (Å²) >= 11 is 0. The zero-order chi connectivity index (χ0) is 19.4. The van der Waals surface area contributed by atoms with Crippen LogP contribution in [0.4, 0.5) is 0 Å². The molecule has 1 aliphatic rings. The normalized spacial score (nSPS) is 18.7. The zero-order valence-electron chi connectivity index (χ0n) is 15.2. The first-order valence-corrected chi connectivity index (χ1v) is 8.55. The Labute approximate surface area is 157 Å². The van der Waals surface area contributed by atoms with Gasteiger partial charge in [-0.3, -0.25) is 9.59 Å². The summed E-state index contributed by atoms with van der Waals surface area (Å²) in [5.74, 6) is -0.916. The average Bonchev–Trinajstić information content (AvgIpc) is 2.97. The molecule has 1 atom stereocenters. The van der Waals surface area contributed by atoms with Crippen molar-refractivity contribution in [3.63, 3.8) is 0 Å². The Hall–Kier alpha value is -3.12. The van der Waals surface area contributed by atoms with Gasteiger partial charge in [-0.25, -0.2) is 0 Å². The van der Waals surface area contributed by atoms with E-state index in [0.717, 1.165) is 5.56 Å². The fourth-order valence-electron chi connectivity index (χ4n) is 3.19. The molecule has 6 nitrogen and oxygen atoms in total. The molecule has 1 fully saturated rings. The lowest BCUT2D eigenvalue weighted by molar-refractivity contribution is -0.140. The first-order chi connectivity index (χ1) is 13.1. The molecule has 1 amide bonds. The third kappa shape index (κ3) is 3.57. The Bertz CT molecular complexity index is 858. The van der Waals surface area contributed by atoms with E-state index in [-0.39, 0.29) is 17.9 Å². The van der Waals surface area contributed by atoms with E-state index in [1.807, 2.05) is 30.3 Å². The Morgan fingerprint density at radius 2 is 1.70 bits per heavy atom. The first kappa shape index (κ1) is 18.7. The van der Waals surface area contributed by atoms with Gasteiger partial charge < -0.3 is 19.5 Å². The lowest BCUT2D eigenvalue weighted by atomic mass is 9.95. The van der Waals surface area contributed by atoms with Crippen LogP contribution in [0.15, 0.2) is 60.2 Å². The highest BCUT2D eigenvalue weighted by Gasteiger charge is 2.45. The van der Waals surface area contributed by atoms with Gasteiger partial charge in [0.1, 0.15) is 11.5 Å². The number of aliphatic hydroxyl groups excluding tert-OH is 1. The zero-order valence-corrected chi connectivity index (χ0v) is 15.2. The number of amides is 1. The number of carbonyl (C=O) groups excluding carboxylic acids is 2. The second-order valence-electron chi connectivity index (χ2n) is 6.12. The van der Waals surface area contributed by atoms with E-state index in [1.54, 1.807) is 31.4 Å². The van der Waals surface area contributed by atoms with E-state index in [0.29, 0.717) is 17.9 Å². The standard InChI is InChI=1S/C21H21NO5/c1-26-13-12-22-18(14-6-4-3-5-7-14)17(20(24)21(22)25)19(23)15-8-10-16(27-2)11-9-15/h3-11,18,23H,12-13H2,1-2H3/t18-/m1/s1. The van der Waals surface area contributed by atoms with Crippen LogP contribution >= 0.6 is 0 Å². The fourth-order valence-corrected chi connectivity index (χ4v) is 3.19. The van der Waals surface area contributed by atoms with Crippen molar-refractivity contribution >= 4 is 17.4 Å². The number of benzene rings is 2. The fraction of sp³-hybridized carbons (Fsp3) is 0.238. The predicted octanol–water partition coefficient (Wildman–Crippen LogP) is 2.76. The molecule has 1 heterocycles. The van der Waals surface area contributed by atoms with E-state index in [4.69, 9.17) is 9.47 Å². The van der Waals surface area contributed by atoms with E-state index >= 15 is 0 Å². The van der Waals surface area contributed by atoms with Crippen molar-refractivity contribution < 1.29 is 24.2 Å². The number of nitrogens with zero attached hydrogens (tertiary/aromatic N) is 1. The van der Waals surface area contributed by atoms with Crippen molar-refractivity contribution in [3.8, 4) is 5.75 Å². The quantitative estimate of drug-likeness (QED) is 0.483. The van der Waals surface area contributed by atoms with Crippen LogP contribution in [0, 0.1) is 0 Å². The van der Waals surface area contributed by atoms with Crippen LogP contribution in [0.3, 0.4) is 0 Å². The smallest absolute Gasteiger partial charge is 0.295 e. The Kier molecular flexibility index (Phi) is 5.57. The molecule has 0 spiro atoms. The molecule has 140 valence electrons. The topological polar surface area (TPSA) is 76.1 Å². The number of ketones is 1. The van der Waals surface area contributed by atoms with Crippen molar-refractivity contribution in [1.29, 1.82) is 0 Å². The van der Waals surface area contributed by atoms with E-state index in [2.05, 4.69) is 0 Å². The summed E-state index contributed by atoms with van der Waals surface area (Å²) in [6.45, 7) is 0.541. The van der Waals surface area contributed by atoms with Gasteiger partial charge >= 0.3 is 0 Å². The molecule has 2 aromatic carbocycles. The van der Waals surface area contributed by atoms with Gasteiger partial charge in [-0.15, -0.1) is 0 Å². The SMILES string of the molecule is COCCN1C(=O)C(=O)C(=C(O)c2ccc(OC)cc2)[C@H]1c1ccccc1. The Morgan fingerprint density at radius 3 is 2.30 bits per heavy atom. The minimum atomic E-state index is -0.701. The molecule has 0 aliphatic carbocycles. The molecule has 0 aromatic heterocycles. The number of likely N-dealkylation sites (tertiary alicyclic amines) is 1. The van der Waals surface area contributed by atoms with Crippen LogP contribution < -0.4 is 4.74 Å². The van der Waals surface area contributed by atoms with Gasteiger partial charge in [0, 0.05) is 19.2 Å². The van der Waals surface area contributed by atoms with E-state index in [9.17, 15) is 14.7 Å². The van der Waals surface area contributed by atoms with Crippen LogP contribution in [0.5, 0.6) is 5.75 Å². The molecule has 0 bridgehead atoms. The van der Waals surface area contributed by atoms with Gasteiger partial charge in [-0.05, 0) is 29.8 Å². The van der Waals surface area contributed by atoms with Crippen LogP contribution in [0.2, 0.25) is 0 Å². The molecule has 6 heteroatoms. The van der Waals surface area contributed by atoms with E-state index < -0.39 is 17.7 Å². The van der Waals surface area contributed by atoms with Gasteiger partial charge in [-0.1, -0.05) is 30.3 Å². The molecule has 3 rings (SSSR count). The first-order valence-electron chi connectivity index (χ1n) is 8.55. The molecule has 2 aromatic rings. The molecule has 0 saturated carbocycles. The Balaban J connectivity index is 2.11. The molecular weight excluding hydrogens is 346 g/mol. The minimum Gasteiger partial charge on any atom is -0.507 e. The highest BCUT2D eigenvalue weighted by Crippen LogP contribution is 2.39. The van der Waals surface area contributed by atoms with Gasteiger partial charge in [0.2, 0.25) is 0 Å². The molecule has 0 unspecified atom stereocenters. The molecule has 1 aliphatic heterocycles. The van der Waals surface area contributed by atoms with Crippen molar-refractivity contribution in [3.05, 3.63) is 71.3 Å². The van der Waals surface area contributed by atoms with Crippen molar-refractivity contribution in [2.45, 2.75) is 6.04 Å².